The second-order valence-electron chi connectivity index (χ2n) is 5.36. The van der Waals surface area contributed by atoms with Gasteiger partial charge in [-0.25, -0.2) is 0 Å². The molecule has 0 radical (unpaired) electrons. The lowest BCUT2D eigenvalue weighted by molar-refractivity contribution is 0.423. The first kappa shape index (κ1) is 12.9. The van der Waals surface area contributed by atoms with E-state index in [2.05, 4.69) is 56.3 Å². The van der Waals surface area contributed by atoms with Crippen molar-refractivity contribution in [2.45, 2.75) is 39.0 Å². The first-order chi connectivity index (χ1) is 8.60. The van der Waals surface area contributed by atoms with Gasteiger partial charge in [0.05, 0.1) is 0 Å². The molecule has 0 fully saturated rings. The molecule has 0 spiro atoms. The largest absolute Gasteiger partial charge is 0.358 e. The lowest BCUT2D eigenvalue weighted by Crippen LogP contribution is -2.27. The van der Waals surface area contributed by atoms with Crippen LogP contribution in [0.5, 0.6) is 0 Å². The molecule has 0 aromatic carbocycles. The van der Waals surface area contributed by atoms with Crippen LogP contribution in [0.3, 0.4) is 0 Å². The third-order valence-corrected chi connectivity index (χ3v) is 4.17. The molecule has 1 N–H and O–H groups in total. The van der Waals surface area contributed by atoms with Gasteiger partial charge in [-0.3, -0.25) is 0 Å². The fraction of sp³-hybridized carbons (Fsp3) is 0.412. The molecule has 1 heterocycles. The van der Waals surface area contributed by atoms with Crippen LogP contribution in [0, 0.1) is 5.92 Å². The van der Waals surface area contributed by atoms with Crippen molar-refractivity contribution >= 4 is 12.7 Å². The molecule has 0 aliphatic heterocycles. The highest BCUT2D eigenvalue weighted by atomic mass is 14.7. The van der Waals surface area contributed by atoms with Crippen LogP contribution in [0.15, 0.2) is 24.8 Å². The normalized spacial score (nSPS) is 28.6. The SMILES string of the molecule is C=CC1CC(C)c2[nH]c(=C)/c(=C\C=C/C)c2C1C. The highest BCUT2D eigenvalue weighted by Gasteiger charge is 2.30. The summed E-state index contributed by atoms with van der Waals surface area (Å²) < 4.78 is 0. The van der Waals surface area contributed by atoms with E-state index in [4.69, 9.17) is 0 Å². The van der Waals surface area contributed by atoms with Gasteiger partial charge in [0.25, 0.3) is 0 Å². The number of rotatable bonds is 2. The number of aromatic amines is 1. The zero-order chi connectivity index (χ0) is 13.3. The number of hydrogen-bond acceptors (Lipinski definition) is 0. The van der Waals surface area contributed by atoms with Gasteiger partial charge in [-0.05, 0) is 36.7 Å². The molecule has 1 aliphatic carbocycles. The van der Waals surface area contributed by atoms with Crippen LogP contribution >= 0.6 is 0 Å². The Kier molecular flexibility index (Phi) is 3.60. The van der Waals surface area contributed by atoms with Crippen molar-refractivity contribution in [2.24, 2.45) is 5.92 Å². The Bertz CT molecular complexity index is 573. The van der Waals surface area contributed by atoms with E-state index >= 15 is 0 Å². The van der Waals surface area contributed by atoms with E-state index in [0.717, 1.165) is 5.35 Å². The summed E-state index contributed by atoms with van der Waals surface area (Å²) in [5, 5.41) is 2.32. The molecule has 1 aliphatic rings. The predicted octanol–water partition coefficient (Wildman–Crippen LogP) is 3.19. The van der Waals surface area contributed by atoms with Crippen LogP contribution in [0.2, 0.25) is 0 Å². The summed E-state index contributed by atoms with van der Waals surface area (Å²) in [6, 6.07) is 0. The van der Waals surface area contributed by atoms with Crippen LogP contribution in [0.4, 0.5) is 0 Å². The average Bonchev–Trinajstić information content (AvgIpc) is 2.69. The lowest BCUT2D eigenvalue weighted by atomic mass is 9.74. The predicted molar refractivity (Wildman–Crippen MR) is 80.0 cm³/mol. The number of H-pyrrole nitrogens is 1. The lowest BCUT2D eigenvalue weighted by Gasteiger charge is -2.31. The molecule has 1 heteroatoms. The van der Waals surface area contributed by atoms with Crippen molar-refractivity contribution in [1.29, 1.82) is 0 Å². The van der Waals surface area contributed by atoms with E-state index in [1.807, 2.05) is 6.92 Å². The minimum absolute atomic E-state index is 0.525. The molecule has 0 bridgehead atoms. The Morgan fingerprint density at radius 2 is 2.06 bits per heavy atom. The Balaban J connectivity index is 2.68. The van der Waals surface area contributed by atoms with Crippen LogP contribution in [0.25, 0.3) is 12.7 Å². The molecule has 1 aromatic heterocycles. The fourth-order valence-corrected chi connectivity index (χ4v) is 3.11. The van der Waals surface area contributed by atoms with Gasteiger partial charge in [-0.2, -0.15) is 0 Å². The van der Waals surface area contributed by atoms with Gasteiger partial charge < -0.3 is 4.98 Å². The van der Waals surface area contributed by atoms with Crippen molar-refractivity contribution in [3.8, 4) is 0 Å². The smallest absolute Gasteiger partial charge is 0.0386 e. The molecule has 1 aromatic rings. The number of nitrogens with one attached hydrogen (secondary N) is 1. The minimum Gasteiger partial charge on any atom is -0.358 e. The number of fused-ring (bicyclic) bond motifs is 1. The van der Waals surface area contributed by atoms with Gasteiger partial charge in [-0.1, -0.05) is 44.7 Å². The monoisotopic (exact) mass is 241 g/mol. The molecule has 18 heavy (non-hydrogen) atoms. The van der Waals surface area contributed by atoms with Crippen molar-refractivity contribution in [1.82, 2.24) is 4.98 Å². The molecule has 2 rings (SSSR count). The maximum atomic E-state index is 4.15. The first-order valence-corrected chi connectivity index (χ1v) is 6.76. The second-order valence-corrected chi connectivity index (χ2v) is 5.36. The summed E-state index contributed by atoms with van der Waals surface area (Å²) >= 11 is 0. The average molecular weight is 241 g/mol. The van der Waals surface area contributed by atoms with E-state index in [9.17, 15) is 0 Å². The highest BCUT2D eigenvalue weighted by Crippen LogP contribution is 2.39. The topological polar surface area (TPSA) is 15.8 Å². The number of aromatic nitrogens is 1. The summed E-state index contributed by atoms with van der Waals surface area (Å²) in [5.41, 5.74) is 2.82. The maximum absolute atomic E-state index is 4.15. The molecule has 0 amide bonds. The van der Waals surface area contributed by atoms with Crippen LogP contribution in [-0.4, -0.2) is 4.98 Å². The van der Waals surface area contributed by atoms with E-state index in [1.54, 1.807) is 0 Å². The second kappa shape index (κ2) is 5.01. The van der Waals surface area contributed by atoms with Crippen molar-refractivity contribution in [2.75, 3.05) is 0 Å². The summed E-state index contributed by atoms with van der Waals surface area (Å²) in [6.45, 7) is 14.8. The van der Waals surface area contributed by atoms with Crippen molar-refractivity contribution in [3.05, 3.63) is 46.6 Å². The quantitative estimate of drug-likeness (QED) is 0.765. The third-order valence-electron chi connectivity index (χ3n) is 4.17. The Labute approximate surface area is 110 Å². The zero-order valence-electron chi connectivity index (χ0n) is 11.7. The van der Waals surface area contributed by atoms with Gasteiger partial charge in [0, 0.05) is 16.3 Å². The molecule has 0 saturated heterocycles. The van der Waals surface area contributed by atoms with Crippen molar-refractivity contribution < 1.29 is 0 Å². The van der Waals surface area contributed by atoms with E-state index in [-0.39, 0.29) is 0 Å². The fourth-order valence-electron chi connectivity index (χ4n) is 3.11. The molecule has 3 atom stereocenters. The number of allylic oxidation sites excluding steroid dienone is 3. The van der Waals surface area contributed by atoms with E-state index in [0.29, 0.717) is 17.8 Å². The van der Waals surface area contributed by atoms with Gasteiger partial charge in [0.15, 0.2) is 0 Å². The molecular weight excluding hydrogens is 218 g/mol. The molecule has 96 valence electrons. The zero-order valence-corrected chi connectivity index (χ0v) is 11.7. The Hall–Kier alpha value is -1.50. The summed E-state index contributed by atoms with van der Waals surface area (Å²) in [4.78, 5) is 3.49. The highest BCUT2D eigenvalue weighted by molar-refractivity contribution is 5.45. The van der Waals surface area contributed by atoms with Gasteiger partial charge >= 0.3 is 0 Å². The van der Waals surface area contributed by atoms with Gasteiger partial charge in [-0.15, -0.1) is 6.58 Å². The molecule has 3 unspecified atom stereocenters. The summed E-state index contributed by atoms with van der Waals surface area (Å²) in [5.74, 6) is 1.66. The van der Waals surface area contributed by atoms with E-state index in [1.165, 1.54) is 22.9 Å². The van der Waals surface area contributed by atoms with Crippen LogP contribution < -0.4 is 10.6 Å². The molecule has 0 saturated carbocycles. The number of hydrogen-bond donors (Lipinski definition) is 1. The molecular formula is C17H23N. The van der Waals surface area contributed by atoms with Crippen LogP contribution in [0.1, 0.15) is 50.3 Å². The van der Waals surface area contributed by atoms with E-state index < -0.39 is 0 Å². The summed E-state index contributed by atoms with van der Waals surface area (Å²) in [7, 11) is 0. The Morgan fingerprint density at radius 3 is 2.67 bits per heavy atom. The van der Waals surface area contributed by atoms with Crippen molar-refractivity contribution in [3.63, 3.8) is 0 Å². The summed E-state index contributed by atoms with van der Waals surface area (Å²) in [6.07, 6.45) is 9.61. The maximum Gasteiger partial charge on any atom is 0.0386 e. The minimum atomic E-state index is 0.525. The van der Waals surface area contributed by atoms with Crippen LogP contribution in [-0.2, 0) is 0 Å². The van der Waals surface area contributed by atoms with Gasteiger partial charge in [0.1, 0.15) is 0 Å². The van der Waals surface area contributed by atoms with Gasteiger partial charge in [0.2, 0.25) is 0 Å². The standard InChI is InChI=1S/C17H23N/c1-6-8-9-15-13(5)18-17-11(3)10-14(7-2)12(4)16(15)17/h6-9,11-12,14,18H,2,5,10H2,1,3-4H3/b8-6-,15-9+. The third kappa shape index (κ3) is 1.98. The Morgan fingerprint density at radius 1 is 1.33 bits per heavy atom. The molecule has 1 nitrogen and oxygen atoms in total. The first-order valence-electron chi connectivity index (χ1n) is 6.76.